The maximum Gasteiger partial charge on any atom is 0.264 e. The number of hydrogen-bond donors (Lipinski definition) is 2. The number of aromatic nitrogens is 3. The second kappa shape index (κ2) is 7.12. The van der Waals surface area contributed by atoms with Crippen molar-refractivity contribution >= 4 is 23.6 Å². The Morgan fingerprint density at radius 3 is 2.95 bits per heavy atom. The molecule has 0 radical (unpaired) electrons. The van der Waals surface area contributed by atoms with E-state index in [1.165, 1.54) is 11.8 Å². The van der Waals surface area contributed by atoms with Gasteiger partial charge >= 0.3 is 0 Å². The van der Waals surface area contributed by atoms with E-state index < -0.39 is 0 Å². The van der Waals surface area contributed by atoms with Crippen molar-refractivity contribution in [1.82, 2.24) is 15.2 Å². The molecule has 2 aromatic rings. The number of thioether (sulfide) groups is 1. The van der Waals surface area contributed by atoms with Crippen molar-refractivity contribution in [2.45, 2.75) is 25.9 Å². The van der Waals surface area contributed by atoms with Gasteiger partial charge in [0.1, 0.15) is 5.75 Å². The van der Waals surface area contributed by atoms with Crippen molar-refractivity contribution in [3.63, 3.8) is 0 Å². The number of amides is 1. The summed E-state index contributed by atoms with van der Waals surface area (Å²) in [4.78, 5) is 15.9. The van der Waals surface area contributed by atoms with Crippen LogP contribution in [0.5, 0.6) is 5.75 Å². The van der Waals surface area contributed by atoms with Crippen LogP contribution in [0, 0.1) is 13.8 Å². The van der Waals surface area contributed by atoms with E-state index in [1.54, 1.807) is 0 Å². The van der Waals surface area contributed by atoms with Crippen LogP contribution in [-0.4, -0.2) is 33.4 Å². The second-order valence-electron chi connectivity index (χ2n) is 4.51. The number of rotatable bonds is 6. The minimum absolute atomic E-state index is 0.0686. The van der Waals surface area contributed by atoms with E-state index in [1.807, 2.05) is 39.0 Å². The smallest absolute Gasteiger partial charge is 0.264 e. The van der Waals surface area contributed by atoms with E-state index in [-0.39, 0.29) is 12.5 Å². The summed E-state index contributed by atoms with van der Waals surface area (Å²) in [6, 6.07) is 5.82. The molecule has 2 rings (SSSR count). The molecule has 0 spiro atoms. The molecule has 7 heteroatoms. The van der Waals surface area contributed by atoms with Crippen LogP contribution in [0.3, 0.4) is 0 Å². The largest absolute Gasteiger partial charge is 0.483 e. The minimum Gasteiger partial charge on any atom is -0.483 e. The first kappa shape index (κ1) is 15.4. The molecule has 0 unspecified atom stereocenters. The Kier molecular flexibility index (Phi) is 5.21. The van der Waals surface area contributed by atoms with Gasteiger partial charge in [-0.05, 0) is 31.2 Å². The number of hydrogen-bond acceptors (Lipinski definition) is 5. The molecule has 0 fully saturated rings. The number of benzene rings is 1. The number of H-pyrrole nitrogens is 1. The lowest BCUT2D eigenvalue weighted by Crippen LogP contribution is -2.21. The highest BCUT2D eigenvalue weighted by atomic mass is 32.2. The highest BCUT2D eigenvalue weighted by Gasteiger charge is 2.09. The van der Waals surface area contributed by atoms with Crippen molar-refractivity contribution in [3.05, 3.63) is 29.3 Å². The summed E-state index contributed by atoms with van der Waals surface area (Å²) in [5.74, 6) is 1.64. The molecule has 0 aliphatic rings. The van der Waals surface area contributed by atoms with E-state index in [2.05, 4.69) is 20.5 Å². The Balaban J connectivity index is 1.86. The topological polar surface area (TPSA) is 79.9 Å². The second-order valence-corrected chi connectivity index (χ2v) is 5.74. The highest BCUT2D eigenvalue weighted by Crippen LogP contribution is 2.18. The summed E-state index contributed by atoms with van der Waals surface area (Å²) in [5, 5.41) is 9.87. The molecule has 1 heterocycles. The monoisotopic (exact) mass is 306 g/mol. The first-order chi connectivity index (χ1) is 10.1. The van der Waals surface area contributed by atoms with Gasteiger partial charge in [-0.25, -0.2) is 5.10 Å². The number of aryl methyl sites for hydroxylation is 2. The number of anilines is 1. The zero-order valence-electron chi connectivity index (χ0n) is 12.3. The molecule has 1 aromatic carbocycles. The fraction of sp³-hybridized carbons (Fsp3) is 0.357. The first-order valence-electron chi connectivity index (χ1n) is 6.63. The average Bonchev–Trinajstić information content (AvgIpc) is 2.85. The Bertz CT molecular complexity index is 627. The van der Waals surface area contributed by atoms with Gasteiger partial charge in [-0.1, -0.05) is 36.4 Å². The third-order valence-electron chi connectivity index (χ3n) is 2.69. The molecule has 0 aliphatic heterocycles. The van der Waals surface area contributed by atoms with Crippen LogP contribution >= 0.6 is 11.8 Å². The molecule has 0 aliphatic carbocycles. The van der Waals surface area contributed by atoms with E-state index in [4.69, 9.17) is 4.74 Å². The van der Waals surface area contributed by atoms with E-state index in [9.17, 15) is 4.79 Å². The van der Waals surface area contributed by atoms with Crippen LogP contribution in [0.2, 0.25) is 0 Å². The van der Waals surface area contributed by atoms with Crippen LogP contribution in [-0.2, 0) is 4.79 Å². The summed E-state index contributed by atoms with van der Waals surface area (Å²) in [6.07, 6.45) is 0. The van der Waals surface area contributed by atoms with Gasteiger partial charge in [0.25, 0.3) is 5.91 Å². The molecular formula is C14H18N4O2S. The maximum atomic E-state index is 11.8. The molecule has 21 heavy (non-hydrogen) atoms. The maximum absolute atomic E-state index is 11.8. The van der Waals surface area contributed by atoms with Gasteiger partial charge in [-0.2, -0.15) is 4.98 Å². The fourth-order valence-corrected chi connectivity index (χ4v) is 2.29. The predicted molar refractivity (Wildman–Crippen MR) is 82.8 cm³/mol. The third kappa shape index (κ3) is 4.49. The SMILES string of the molecule is CCSc1n[nH]c(NC(=O)COc2ccc(C)cc2C)n1. The molecule has 2 N–H and O–H groups in total. The van der Waals surface area contributed by atoms with Gasteiger partial charge in [0, 0.05) is 0 Å². The highest BCUT2D eigenvalue weighted by molar-refractivity contribution is 7.99. The van der Waals surface area contributed by atoms with Crippen molar-refractivity contribution in [1.29, 1.82) is 0 Å². The average molecular weight is 306 g/mol. The summed E-state index contributed by atoms with van der Waals surface area (Å²) >= 11 is 1.50. The van der Waals surface area contributed by atoms with Crippen LogP contribution in [0.15, 0.2) is 23.4 Å². The fourth-order valence-electron chi connectivity index (χ4n) is 1.77. The Morgan fingerprint density at radius 1 is 1.43 bits per heavy atom. The minimum atomic E-state index is -0.279. The molecule has 112 valence electrons. The molecule has 1 aromatic heterocycles. The number of carbonyl (C=O) groups is 1. The first-order valence-corrected chi connectivity index (χ1v) is 7.62. The van der Waals surface area contributed by atoms with Crippen molar-refractivity contribution in [2.24, 2.45) is 0 Å². The molecular weight excluding hydrogens is 288 g/mol. The number of ether oxygens (including phenoxy) is 1. The number of carbonyl (C=O) groups excluding carboxylic acids is 1. The Labute approximate surface area is 127 Å². The number of nitrogens with zero attached hydrogens (tertiary/aromatic N) is 2. The van der Waals surface area contributed by atoms with Gasteiger partial charge < -0.3 is 4.74 Å². The van der Waals surface area contributed by atoms with Crippen LogP contribution in [0.25, 0.3) is 0 Å². The van der Waals surface area contributed by atoms with Crippen LogP contribution in [0.4, 0.5) is 5.95 Å². The van der Waals surface area contributed by atoms with E-state index in [0.29, 0.717) is 16.9 Å². The molecule has 0 atom stereocenters. The lowest BCUT2D eigenvalue weighted by molar-refractivity contribution is -0.118. The van der Waals surface area contributed by atoms with Gasteiger partial charge in [-0.3, -0.25) is 10.1 Å². The lowest BCUT2D eigenvalue weighted by atomic mass is 10.1. The molecule has 1 amide bonds. The third-order valence-corrected chi connectivity index (χ3v) is 3.41. The van der Waals surface area contributed by atoms with Gasteiger partial charge in [0.05, 0.1) is 0 Å². The number of aromatic amines is 1. The van der Waals surface area contributed by atoms with Gasteiger partial charge in [0.2, 0.25) is 11.1 Å². The van der Waals surface area contributed by atoms with E-state index >= 15 is 0 Å². The summed E-state index contributed by atoms with van der Waals surface area (Å²) in [5.41, 5.74) is 2.16. The summed E-state index contributed by atoms with van der Waals surface area (Å²) in [6.45, 7) is 5.90. The van der Waals surface area contributed by atoms with Gasteiger partial charge in [0.15, 0.2) is 6.61 Å². The van der Waals surface area contributed by atoms with Crippen LogP contribution in [0.1, 0.15) is 18.1 Å². The van der Waals surface area contributed by atoms with Crippen molar-refractivity contribution in [2.75, 3.05) is 17.7 Å². The number of nitrogens with one attached hydrogen (secondary N) is 2. The lowest BCUT2D eigenvalue weighted by Gasteiger charge is -2.09. The predicted octanol–water partition coefficient (Wildman–Crippen LogP) is 2.55. The Hall–Kier alpha value is -2.02. The molecule has 0 bridgehead atoms. The van der Waals surface area contributed by atoms with Crippen LogP contribution < -0.4 is 10.1 Å². The van der Waals surface area contributed by atoms with Crippen molar-refractivity contribution in [3.8, 4) is 5.75 Å². The summed E-state index contributed by atoms with van der Waals surface area (Å²) in [7, 11) is 0. The standard InChI is InChI=1S/C14H18N4O2S/c1-4-21-14-16-13(17-18-14)15-12(19)8-20-11-6-5-9(2)7-10(11)3/h5-7H,4,8H2,1-3H3,(H2,15,16,17,18,19). The van der Waals surface area contributed by atoms with E-state index in [0.717, 1.165) is 16.9 Å². The zero-order valence-corrected chi connectivity index (χ0v) is 13.1. The van der Waals surface area contributed by atoms with Gasteiger partial charge in [-0.15, -0.1) is 5.10 Å². The normalized spacial score (nSPS) is 10.4. The molecule has 0 saturated heterocycles. The summed E-state index contributed by atoms with van der Waals surface area (Å²) < 4.78 is 5.50. The van der Waals surface area contributed by atoms with Crippen molar-refractivity contribution < 1.29 is 9.53 Å². The zero-order chi connectivity index (χ0) is 15.2. The molecule has 0 saturated carbocycles. The Morgan fingerprint density at radius 2 is 2.24 bits per heavy atom. The quantitative estimate of drug-likeness (QED) is 0.802. The molecule has 6 nitrogen and oxygen atoms in total.